The largest absolute Gasteiger partial charge is 0.494 e. The van der Waals surface area contributed by atoms with E-state index in [2.05, 4.69) is 4.98 Å². The molecule has 5 nitrogen and oxygen atoms in total. The van der Waals surface area contributed by atoms with E-state index < -0.39 is 5.97 Å². The van der Waals surface area contributed by atoms with Crippen LogP contribution in [0.3, 0.4) is 0 Å². The summed E-state index contributed by atoms with van der Waals surface area (Å²) in [4.78, 5) is 17.0. The molecule has 2 N–H and O–H groups in total. The highest BCUT2D eigenvalue weighted by atomic mass is 35.5. The van der Waals surface area contributed by atoms with Crippen LogP contribution in [0.1, 0.15) is 22.8 Å². The maximum atomic E-state index is 12.6. The third-order valence-electron chi connectivity index (χ3n) is 4.12. The number of benzene rings is 2. The Kier molecular flexibility index (Phi) is 6.05. The molecule has 0 saturated heterocycles. The zero-order valence-electron chi connectivity index (χ0n) is 14.9. The highest BCUT2D eigenvalue weighted by molar-refractivity contribution is 6.11. The maximum Gasteiger partial charge on any atom is 0.342 e. The normalized spacial score (nSPS) is 10.3. The molecular weight excluding hydrogens is 352 g/mol. The Bertz CT molecular complexity index is 957. The summed E-state index contributed by atoms with van der Waals surface area (Å²) in [5.74, 6) is 0.263. The predicted octanol–water partition coefficient (Wildman–Crippen LogP) is 4.40. The lowest BCUT2D eigenvalue weighted by atomic mass is 9.92. The van der Waals surface area contributed by atoms with Crippen LogP contribution in [0.25, 0.3) is 22.0 Å². The monoisotopic (exact) mass is 372 g/mol. The Morgan fingerprint density at radius 2 is 1.88 bits per heavy atom. The van der Waals surface area contributed by atoms with Gasteiger partial charge in [-0.3, -0.25) is 0 Å². The van der Waals surface area contributed by atoms with Crippen LogP contribution in [0.15, 0.2) is 42.5 Å². The van der Waals surface area contributed by atoms with E-state index in [1.165, 1.54) is 0 Å². The fourth-order valence-electron chi connectivity index (χ4n) is 2.99. The number of aromatic nitrogens is 1. The Morgan fingerprint density at radius 1 is 1.15 bits per heavy atom. The van der Waals surface area contributed by atoms with Crippen LogP contribution in [-0.4, -0.2) is 24.7 Å². The van der Waals surface area contributed by atoms with Gasteiger partial charge in [0, 0.05) is 10.9 Å². The van der Waals surface area contributed by atoms with E-state index in [0.29, 0.717) is 11.3 Å². The number of ether oxygens (including phenoxy) is 2. The van der Waals surface area contributed by atoms with Crippen molar-refractivity contribution in [1.82, 2.24) is 4.98 Å². The molecule has 1 aromatic heterocycles. The number of esters is 1. The molecule has 26 heavy (non-hydrogen) atoms. The number of rotatable bonds is 4. The van der Waals surface area contributed by atoms with E-state index in [4.69, 9.17) is 15.2 Å². The SMILES string of the molecule is CCOC(=O)c1c(N)nc2c(OC)cccc2c1-c1ccccc1C.Cl. The standard InChI is InChI=1S/C20H20N2O3.ClH/c1-4-25-20(23)17-16(13-9-6-5-8-12(13)2)14-10-7-11-15(24-3)18(14)22-19(17)21;/h5-11H,4H2,1-3H3,(H2,21,22);1H. The number of nitrogens with zero attached hydrogens (tertiary/aromatic N) is 1. The average molecular weight is 373 g/mol. The predicted molar refractivity (Wildman–Crippen MR) is 106 cm³/mol. The van der Waals surface area contributed by atoms with Crippen LogP contribution in [0.2, 0.25) is 0 Å². The van der Waals surface area contributed by atoms with E-state index >= 15 is 0 Å². The number of hydrogen-bond donors (Lipinski definition) is 1. The highest BCUT2D eigenvalue weighted by Gasteiger charge is 2.24. The average Bonchev–Trinajstić information content (AvgIpc) is 2.61. The molecular formula is C20H21ClN2O3. The first-order valence-electron chi connectivity index (χ1n) is 8.07. The lowest BCUT2D eigenvalue weighted by molar-refractivity contribution is 0.0528. The van der Waals surface area contributed by atoms with E-state index in [-0.39, 0.29) is 30.4 Å². The molecule has 0 bridgehead atoms. The van der Waals surface area contributed by atoms with Gasteiger partial charge in [0.05, 0.1) is 13.7 Å². The summed E-state index contributed by atoms with van der Waals surface area (Å²) in [6.45, 7) is 4.02. The number of fused-ring (bicyclic) bond motifs is 1. The number of aryl methyl sites for hydroxylation is 1. The molecule has 0 atom stereocenters. The summed E-state index contributed by atoms with van der Waals surface area (Å²) in [7, 11) is 1.58. The minimum atomic E-state index is -0.476. The van der Waals surface area contributed by atoms with Gasteiger partial charge in [-0.15, -0.1) is 12.4 Å². The quantitative estimate of drug-likeness (QED) is 0.687. The molecule has 0 spiro atoms. The molecule has 136 valence electrons. The molecule has 0 aliphatic carbocycles. The van der Waals surface area contributed by atoms with Crippen LogP contribution in [0.4, 0.5) is 5.82 Å². The third-order valence-corrected chi connectivity index (χ3v) is 4.12. The molecule has 0 aliphatic rings. The van der Waals surface area contributed by atoms with Gasteiger partial charge in [-0.2, -0.15) is 0 Å². The summed E-state index contributed by atoms with van der Waals surface area (Å²) in [6, 6.07) is 13.4. The molecule has 2 aromatic carbocycles. The minimum absolute atomic E-state index is 0. The van der Waals surface area contributed by atoms with Crippen molar-refractivity contribution in [1.29, 1.82) is 0 Å². The van der Waals surface area contributed by atoms with Gasteiger partial charge >= 0.3 is 5.97 Å². The van der Waals surface area contributed by atoms with Crippen LogP contribution in [0.5, 0.6) is 5.75 Å². The highest BCUT2D eigenvalue weighted by Crippen LogP contribution is 2.39. The fourth-order valence-corrected chi connectivity index (χ4v) is 2.99. The van der Waals surface area contributed by atoms with Crippen LogP contribution in [-0.2, 0) is 4.74 Å². The fraction of sp³-hybridized carbons (Fsp3) is 0.200. The number of halogens is 1. The molecule has 0 aliphatic heterocycles. The molecule has 3 rings (SSSR count). The summed E-state index contributed by atoms with van der Waals surface area (Å²) < 4.78 is 10.6. The number of methoxy groups -OCH3 is 1. The zero-order valence-corrected chi connectivity index (χ0v) is 15.7. The molecule has 1 heterocycles. The van der Waals surface area contributed by atoms with Crippen LogP contribution in [0, 0.1) is 6.92 Å². The van der Waals surface area contributed by atoms with Crippen molar-refractivity contribution in [2.45, 2.75) is 13.8 Å². The van der Waals surface area contributed by atoms with Crippen molar-refractivity contribution >= 4 is 35.1 Å². The first-order valence-corrected chi connectivity index (χ1v) is 8.07. The molecule has 0 radical (unpaired) electrons. The van der Waals surface area contributed by atoms with Gasteiger partial charge in [-0.1, -0.05) is 36.4 Å². The van der Waals surface area contributed by atoms with Crippen LogP contribution < -0.4 is 10.5 Å². The van der Waals surface area contributed by atoms with Crippen molar-refractivity contribution in [3.63, 3.8) is 0 Å². The summed E-state index contributed by atoms with van der Waals surface area (Å²) in [5.41, 5.74) is 9.74. The van der Waals surface area contributed by atoms with Gasteiger partial charge in [-0.05, 0) is 31.0 Å². The first kappa shape index (κ1) is 19.5. The Labute approximate surface area is 158 Å². The van der Waals surface area contributed by atoms with Gasteiger partial charge in [0.1, 0.15) is 22.6 Å². The number of carbonyl (C=O) groups is 1. The Balaban J connectivity index is 0.00000243. The summed E-state index contributed by atoms with van der Waals surface area (Å²) >= 11 is 0. The van der Waals surface area contributed by atoms with E-state index in [1.54, 1.807) is 14.0 Å². The van der Waals surface area contributed by atoms with Gasteiger partial charge in [0.25, 0.3) is 0 Å². The molecule has 3 aromatic rings. The van der Waals surface area contributed by atoms with Crippen LogP contribution >= 0.6 is 12.4 Å². The topological polar surface area (TPSA) is 74.4 Å². The number of para-hydroxylation sites is 1. The number of carbonyl (C=O) groups excluding carboxylic acids is 1. The molecule has 0 fully saturated rings. The number of anilines is 1. The third kappa shape index (κ3) is 3.30. The lowest BCUT2D eigenvalue weighted by Gasteiger charge is -2.17. The van der Waals surface area contributed by atoms with Gasteiger partial charge in [-0.25, -0.2) is 9.78 Å². The van der Waals surface area contributed by atoms with Crippen molar-refractivity contribution in [3.8, 4) is 16.9 Å². The van der Waals surface area contributed by atoms with E-state index in [0.717, 1.165) is 22.1 Å². The molecule has 0 saturated carbocycles. The second kappa shape index (κ2) is 8.06. The molecule has 0 unspecified atom stereocenters. The smallest absolute Gasteiger partial charge is 0.342 e. The second-order valence-corrected chi connectivity index (χ2v) is 5.64. The van der Waals surface area contributed by atoms with Gasteiger partial charge < -0.3 is 15.2 Å². The number of nitrogen functional groups attached to an aromatic ring is 1. The second-order valence-electron chi connectivity index (χ2n) is 5.64. The summed E-state index contributed by atoms with van der Waals surface area (Å²) in [5, 5.41) is 0.797. The Hall–Kier alpha value is -2.79. The number of nitrogens with two attached hydrogens (primary N) is 1. The molecule has 0 amide bonds. The summed E-state index contributed by atoms with van der Waals surface area (Å²) in [6.07, 6.45) is 0. The van der Waals surface area contributed by atoms with Gasteiger partial charge in [0.15, 0.2) is 0 Å². The van der Waals surface area contributed by atoms with Crippen molar-refractivity contribution in [2.24, 2.45) is 0 Å². The van der Waals surface area contributed by atoms with Crippen molar-refractivity contribution < 1.29 is 14.3 Å². The lowest BCUT2D eigenvalue weighted by Crippen LogP contribution is -2.12. The van der Waals surface area contributed by atoms with E-state index in [9.17, 15) is 4.79 Å². The minimum Gasteiger partial charge on any atom is -0.494 e. The van der Waals surface area contributed by atoms with Crippen molar-refractivity contribution in [3.05, 3.63) is 53.6 Å². The number of hydrogen-bond acceptors (Lipinski definition) is 5. The molecule has 6 heteroatoms. The first-order chi connectivity index (χ1) is 12.1. The van der Waals surface area contributed by atoms with E-state index in [1.807, 2.05) is 49.4 Å². The van der Waals surface area contributed by atoms with Crippen molar-refractivity contribution in [2.75, 3.05) is 19.5 Å². The number of pyridine rings is 1. The zero-order chi connectivity index (χ0) is 18.0. The Morgan fingerprint density at radius 3 is 2.54 bits per heavy atom. The maximum absolute atomic E-state index is 12.6. The van der Waals surface area contributed by atoms with Gasteiger partial charge in [0.2, 0.25) is 0 Å².